The number of carbonyl (C=O) groups is 2. The van der Waals surface area contributed by atoms with E-state index in [1.807, 2.05) is 6.07 Å². The van der Waals surface area contributed by atoms with E-state index in [1.165, 1.54) is 12.1 Å². The summed E-state index contributed by atoms with van der Waals surface area (Å²) in [6, 6.07) is 13.3. The lowest BCUT2D eigenvalue weighted by Gasteiger charge is -2.24. The quantitative estimate of drug-likeness (QED) is 0.734. The first-order chi connectivity index (χ1) is 12.9. The summed E-state index contributed by atoms with van der Waals surface area (Å²) in [6.07, 6.45) is 1.74. The van der Waals surface area contributed by atoms with Gasteiger partial charge < -0.3 is 10.6 Å². The van der Waals surface area contributed by atoms with E-state index in [1.54, 1.807) is 30.3 Å². The van der Waals surface area contributed by atoms with Crippen molar-refractivity contribution in [2.75, 3.05) is 10.6 Å². The lowest BCUT2D eigenvalue weighted by atomic mass is 9.90. The maximum Gasteiger partial charge on any atom is 0.240 e. The van der Waals surface area contributed by atoms with E-state index in [2.05, 4.69) is 15.4 Å². The molecule has 1 saturated carbocycles. The first kappa shape index (κ1) is 17.7. The molecule has 0 aromatic heterocycles. The Labute approximate surface area is 157 Å². The minimum atomic E-state index is -3.60. The van der Waals surface area contributed by atoms with E-state index in [-0.39, 0.29) is 29.2 Å². The fourth-order valence-electron chi connectivity index (χ4n) is 3.10. The summed E-state index contributed by atoms with van der Waals surface area (Å²) in [7, 11) is -3.60. The number of nitrogens with one attached hydrogen (secondary N) is 3. The van der Waals surface area contributed by atoms with Crippen molar-refractivity contribution in [3.63, 3.8) is 0 Å². The molecule has 2 aliphatic rings. The Hall–Kier alpha value is -2.71. The molecule has 4 rings (SSSR count). The van der Waals surface area contributed by atoms with Crippen molar-refractivity contribution >= 4 is 33.2 Å². The van der Waals surface area contributed by atoms with Gasteiger partial charge in [-0.05, 0) is 42.7 Å². The third-order valence-corrected chi connectivity index (χ3v) is 6.15. The molecule has 140 valence electrons. The molecule has 2 amide bonds. The fourth-order valence-corrected chi connectivity index (χ4v) is 4.45. The van der Waals surface area contributed by atoms with Crippen molar-refractivity contribution in [2.45, 2.75) is 36.1 Å². The zero-order chi connectivity index (χ0) is 19.0. The Balaban J connectivity index is 1.55. The summed E-state index contributed by atoms with van der Waals surface area (Å²) in [5, 5.41) is 5.50. The second-order valence-electron chi connectivity index (χ2n) is 6.80. The van der Waals surface area contributed by atoms with Crippen LogP contribution in [0.4, 0.5) is 11.4 Å². The van der Waals surface area contributed by atoms with Crippen LogP contribution in [0, 0.1) is 0 Å². The van der Waals surface area contributed by atoms with E-state index < -0.39 is 15.9 Å². The second-order valence-corrected chi connectivity index (χ2v) is 8.52. The van der Waals surface area contributed by atoms with Gasteiger partial charge in [-0.2, -0.15) is 0 Å². The van der Waals surface area contributed by atoms with Crippen LogP contribution in [-0.4, -0.2) is 26.3 Å². The molecule has 1 unspecified atom stereocenters. The van der Waals surface area contributed by atoms with Gasteiger partial charge in [0, 0.05) is 23.8 Å². The molecule has 7 nitrogen and oxygen atoms in total. The number of hydrogen-bond donors (Lipinski definition) is 3. The first-order valence-electron chi connectivity index (χ1n) is 8.74. The maximum atomic E-state index is 12.8. The summed E-state index contributed by atoms with van der Waals surface area (Å²) in [5.41, 5.74) is 1.75. The number of hydrogen-bond acceptors (Lipinski definition) is 4. The SMILES string of the molecule is O=C1CC(C(=O)Nc2cccc(S(=O)(=O)NC3CC3)c2)c2ccccc2N1. The minimum absolute atomic E-state index is 0.00509. The molecule has 8 heteroatoms. The average molecular weight is 385 g/mol. The standard InChI is InChI=1S/C19H19N3O4S/c23-18-11-16(15-6-1-2-7-17(15)21-18)19(24)20-13-4-3-5-14(10-13)27(25,26)22-12-8-9-12/h1-7,10,12,16,22H,8-9,11H2,(H,20,24)(H,21,23). The van der Waals surface area contributed by atoms with Gasteiger partial charge in [0.2, 0.25) is 21.8 Å². The van der Waals surface area contributed by atoms with Crippen LogP contribution in [0.5, 0.6) is 0 Å². The van der Waals surface area contributed by atoms with Crippen LogP contribution >= 0.6 is 0 Å². The predicted molar refractivity (Wildman–Crippen MR) is 101 cm³/mol. The molecule has 27 heavy (non-hydrogen) atoms. The van der Waals surface area contributed by atoms with Crippen molar-refractivity contribution in [2.24, 2.45) is 0 Å². The zero-order valence-electron chi connectivity index (χ0n) is 14.4. The molecule has 2 aromatic carbocycles. The van der Waals surface area contributed by atoms with Gasteiger partial charge in [-0.1, -0.05) is 24.3 Å². The van der Waals surface area contributed by atoms with E-state index in [0.29, 0.717) is 11.4 Å². The van der Waals surface area contributed by atoms with Crippen LogP contribution in [-0.2, 0) is 19.6 Å². The Kier molecular flexibility index (Phi) is 4.45. The van der Waals surface area contributed by atoms with Crippen molar-refractivity contribution < 1.29 is 18.0 Å². The van der Waals surface area contributed by atoms with E-state index in [4.69, 9.17) is 0 Å². The highest BCUT2D eigenvalue weighted by atomic mass is 32.2. The van der Waals surface area contributed by atoms with Gasteiger partial charge in [0.25, 0.3) is 0 Å². The van der Waals surface area contributed by atoms with Gasteiger partial charge in [0.1, 0.15) is 0 Å². The van der Waals surface area contributed by atoms with Crippen LogP contribution in [0.2, 0.25) is 0 Å². The number of fused-ring (bicyclic) bond motifs is 1. The molecule has 1 heterocycles. The van der Waals surface area contributed by atoms with Gasteiger partial charge in [0.15, 0.2) is 0 Å². The monoisotopic (exact) mass is 385 g/mol. The number of carbonyl (C=O) groups excluding carboxylic acids is 2. The molecule has 1 aliphatic heterocycles. The molecule has 0 saturated heterocycles. The highest BCUT2D eigenvalue weighted by Gasteiger charge is 2.31. The Morgan fingerprint density at radius 3 is 2.63 bits per heavy atom. The van der Waals surface area contributed by atoms with Crippen molar-refractivity contribution in [3.8, 4) is 0 Å². The number of amides is 2. The highest BCUT2D eigenvalue weighted by molar-refractivity contribution is 7.89. The molecule has 2 aromatic rings. The molecule has 1 atom stereocenters. The Bertz CT molecular complexity index is 1020. The van der Waals surface area contributed by atoms with Crippen molar-refractivity contribution in [1.29, 1.82) is 0 Å². The number of sulfonamides is 1. The van der Waals surface area contributed by atoms with Crippen LogP contribution in [0.1, 0.15) is 30.7 Å². The molecule has 0 radical (unpaired) electrons. The van der Waals surface area contributed by atoms with Gasteiger partial charge in [-0.15, -0.1) is 0 Å². The van der Waals surface area contributed by atoms with Gasteiger partial charge in [-0.25, -0.2) is 13.1 Å². The molecule has 3 N–H and O–H groups in total. The van der Waals surface area contributed by atoms with Gasteiger partial charge >= 0.3 is 0 Å². The first-order valence-corrected chi connectivity index (χ1v) is 10.2. The largest absolute Gasteiger partial charge is 0.326 e. The summed E-state index contributed by atoms with van der Waals surface area (Å²) >= 11 is 0. The molecule has 0 bridgehead atoms. The topological polar surface area (TPSA) is 104 Å². The molecule has 0 spiro atoms. The van der Waals surface area contributed by atoms with Crippen LogP contribution < -0.4 is 15.4 Å². The van der Waals surface area contributed by atoms with E-state index >= 15 is 0 Å². The minimum Gasteiger partial charge on any atom is -0.326 e. The predicted octanol–water partition coefficient (Wildman–Crippen LogP) is 2.19. The maximum absolute atomic E-state index is 12.8. The number of rotatable bonds is 5. The number of anilines is 2. The summed E-state index contributed by atoms with van der Waals surface area (Å²) in [4.78, 5) is 24.8. The molecular weight excluding hydrogens is 366 g/mol. The molecule has 1 aliphatic carbocycles. The lowest BCUT2D eigenvalue weighted by Crippen LogP contribution is -2.31. The smallest absolute Gasteiger partial charge is 0.240 e. The Morgan fingerprint density at radius 2 is 1.85 bits per heavy atom. The van der Waals surface area contributed by atoms with Crippen LogP contribution in [0.3, 0.4) is 0 Å². The van der Waals surface area contributed by atoms with E-state index in [9.17, 15) is 18.0 Å². The van der Waals surface area contributed by atoms with Crippen molar-refractivity contribution in [3.05, 3.63) is 54.1 Å². The average Bonchev–Trinajstić information content (AvgIpc) is 3.44. The van der Waals surface area contributed by atoms with Crippen molar-refractivity contribution in [1.82, 2.24) is 4.72 Å². The Morgan fingerprint density at radius 1 is 1.07 bits per heavy atom. The normalized spacial score (nSPS) is 19.1. The summed E-state index contributed by atoms with van der Waals surface area (Å²) in [5.74, 6) is -1.19. The molecule has 1 fully saturated rings. The summed E-state index contributed by atoms with van der Waals surface area (Å²) in [6.45, 7) is 0. The van der Waals surface area contributed by atoms with Gasteiger partial charge in [-0.3, -0.25) is 9.59 Å². The number of para-hydroxylation sites is 1. The van der Waals surface area contributed by atoms with Crippen LogP contribution in [0.15, 0.2) is 53.4 Å². The fraction of sp³-hybridized carbons (Fsp3) is 0.263. The van der Waals surface area contributed by atoms with E-state index in [0.717, 1.165) is 18.4 Å². The van der Waals surface area contributed by atoms with Gasteiger partial charge in [0.05, 0.1) is 10.8 Å². The zero-order valence-corrected chi connectivity index (χ0v) is 15.3. The number of benzene rings is 2. The lowest BCUT2D eigenvalue weighted by molar-refractivity contribution is -0.123. The third-order valence-electron chi connectivity index (χ3n) is 4.63. The third kappa shape index (κ3) is 3.86. The summed E-state index contributed by atoms with van der Waals surface area (Å²) < 4.78 is 27.3. The second kappa shape index (κ2) is 6.79. The highest BCUT2D eigenvalue weighted by Crippen LogP contribution is 2.33. The molecular formula is C19H19N3O4S. The van der Waals surface area contributed by atoms with Crippen LogP contribution in [0.25, 0.3) is 0 Å².